The first-order chi connectivity index (χ1) is 12.6. The van der Waals surface area contributed by atoms with Crippen LogP contribution in [0.2, 0.25) is 5.02 Å². The van der Waals surface area contributed by atoms with E-state index in [0.29, 0.717) is 35.4 Å². The van der Waals surface area contributed by atoms with Crippen molar-refractivity contribution in [1.29, 1.82) is 0 Å². The number of nitrogens with zero attached hydrogens (tertiary/aromatic N) is 2. The average molecular weight is 390 g/mol. The molecular weight excluding hydrogens is 374 g/mol. The van der Waals surface area contributed by atoms with Gasteiger partial charge in [-0.2, -0.15) is 0 Å². The minimum Gasteiger partial charge on any atom is -0.486 e. The molecule has 1 N–H and O–H groups in total. The second-order valence-corrected chi connectivity index (χ2v) is 7.16. The monoisotopic (exact) mass is 389 g/mol. The fourth-order valence-electron chi connectivity index (χ4n) is 2.73. The number of anilines is 1. The number of aromatic nitrogens is 2. The summed E-state index contributed by atoms with van der Waals surface area (Å²) in [6, 6.07) is 10.9. The summed E-state index contributed by atoms with van der Waals surface area (Å²) in [6.45, 7) is 1.05. The summed E-state index contributed by atoms with van der Waals surface area (Å²) in [6.07, 6.45) is 0. The molecule has 8 heteroatoms. The number of carbonyl (C=O) groups is 1. The van der Waals surface area contributed by atoms with Crippen molar-refractivity contribution in [3.8, 4) is 11.5 Å². The molecule has 4 rings (SSSR count). The maximum absolute atomic E-state index is 12.3. The smallest absolute Gasteiger partial charge is 0.234 e. The van der Waals surface area contributed by atoms with Crippen LogP contribution in [0.15, 0.2) is 41.6 Å². The van der Waals surface area contributed by atoms with Crippen molar-refractivity contribution in [2.45, 2.75) is 5.16 Å². The molecule has 1 aromatic heterocycles. The molecule has 0 spiro atoms. The van der Waals surface area contributed by atoms with Gasteiger partial charge in [0.2, 0.25) is 5.91 Å². The van der Waals surface area contributed by atoms with Crippen molar-refractivity contribution in [3.63, 3.8) is 0 Å². The van der Waals surface area contributed by atoms with Crippen LogP contribution in [0.25, 0.3) is 11.0 Å². The maximum atomic E-state index is 12.3. The normalized spacial score (nSPS) is 13.0. The van der Waals surface area contributed by atoms with E-state index in [-0.39, 0.29) is 11.7 Å². The van der Waals surface area contributed by atoms with Crippen molar-refractivity contribution in [2.75, 3.05) is 24.3 Å². The Hall–Kier alpha value is -2.38. The van der Waals surface area contributed by atoms with Gasteiger partial charge in [-0.15, -0.1) is 0 Å². The van der Waals surface area contributed by atoms with E-state index >= 15 is 0 Å². The van der Waals surface area contributed by atoms with Gasteiger partial charge >= 0.3 is 0 Å². The van der Waals surface area contributed by atoms with E-state index in [1.165, 1.54) is 11.8 Å². The van der Waals surface area contributed by atoms with E-state index in [0.717, 1.165) is 16.2 Å². The van der Waals surface area contributed by atoms with Crippen LogP contribution in [0.4, 0.5) is 5.69 Å². The van der Waals surface area contributed by atoms with Gasteiger partial charge in [0.25, 0.3) is 0 Å². The van der Waals surface area contributed by atoms with E-state index in [1.807, 2.05) is 29.8 Å². The van der Waals surface area contributed by atoms with Crippen molar-refractivity contribution in [3.05, 3.63) is 41.4 Å². The number of benzene rings is 2. The number of hydrogen-bond donors (Lipinski definition) is 1. The average Bonchev–Trinajstić information content (AvgIpc) is 2.95. The second kappa shape index (κ2) is 7.09. The number of hydrogen-bond acceptors (Lipinski definition) is 5. The molecule has 1 amide bonds. The number of carbonyl (C=O) groups excluding carboxylic acids is 1. The molecule has 0 fully saturated rings. The van der Waals surface area contributed by atoms with Crippen LogP contribution in [0, 0.1) is 0 Å². The summed E-state index contributed by atoms with van der Waals surface area (Å²) in [4.78, 5) is 16.8. The molecule has 2 heterocycles. The molecule has 26 heavy (non-hydrogen) atoms. The summed E-state index contributed by atoms with van der Waals surface area (Å²) in [5.41, 5.74) is 2.47. The Bertz CT molecular complexity index is 989. The highest BCUT2D eigenvalue weighted by molar-refractivity contribution is 7.99. The van der Waals surface area contributed by atoms with Crippen molar-refractivity contribution < 1.29 is 14.3 Å². The lowest BCUT2D eigenvalue weighted by Crippen LogP contribution is -2.17. The summed E-state index contributed by atoms with van der Waals surface area (Å²) in [7, 11) is 1.92. The van der Waals surface area contributed by atoms with Gasteiger partial charge in [0.1, 0.15) is 13.2 Å². The van der Waals surface area contributed by atoms with Crippen molar-refractivity contribution >= 4 is 46.0 Å². The zero-order valence-corrected chi connectivity index (χ0v) is 15.6. The third-order valence-electron chi connectivity index (χ3n) is 3.96. The number of nitrogens with one attached hydrogen (secondary N) is 1. The second-order valence-electron chi connectivity index (χ2n) is 5.78. The van der Waals surface area contributed by atoms with E-state index in [1.54, 1.807) is 18.2 Å². The Labute approximate surface area is 159 Å². The predicted octanol–water partition coefficient (Wildman–Crippen LogP) is 3.73. The highest BCUT2D eigenvalue weighted by Crippen LogP contribution is 2.32. The van der Waals surface area contributed by atoms with E-state index in [4.69, 9.17) is 21.1 Å². The SMILES string of the molecule is Cn1c(SCC(=O)Nc2ccc3c(c2)OCCO3)nc2cc(Cl)ccc21. The minimum atomic E-state index is -0.114. The Balaban J connectivity index is 1.42. The largest absolute Gasteiger partial charge is 0.486 e. The van der Waals surface area contributed by atoms with Crippen LogP contribution in [0.1, 0.15) is 0 Å². The highest BCUT2D eigenvalue weighted by atomic mass is 35.5. The van der Waals surface area contributed by atoms with E-state index in [9.17, 15) is 4.79 Å². The Kier molecular flexibility index (Phi) is 4.65. The maximum Gasteiger partial charge on any atom is 0.234 e. The Morgan fingerprint density at radius 1 is 1.23 bits per heavy atom. The number of rotatable bonds is 4. The van der Waals surface area contributed by atoms with Crippen LogP contribution in [-0.2, 0) is 11.8 Å². The molecule has 0 atom stereocenters. The molecule has 0 radical (unpaired) electrons. The number of fused-ring (bicyclic) bond motifs is 2. The van der Waals surface area contributed by atoms with Crippen LogP contribution >= 0.6 is 23.4 Å². The number of halogens is 1. The lowest BCUT2D eigenvalue weighted by Gasteiger charge is -2.18. The summed E-state index contributed by atoms with van der Waals surface area (Å²) in [5.74, 6) is 1.48. The molecule has 0 aliphatic carbocycles. The van der Waals surface area contributed by atoms with Gasteiger partial charge in [-0.3, -0.25) is 4.79 Å². The topological polar surface area (TPSA) is 65.4 Å². The van der Waals surface area contributed by atoms with Gasteiger partial charge in [0.15, 0.2) is 16.7 Å². The van der Waals surface area contributed by atoms with Crippen LogP contribution in [-0.4, -0.2) is 34.4 Å². The molecule has 0 bridgehead atoms. The summed E-state index contributed by atoms with van der Waals surface area (Å²) in [5, 5.41) is 4.28. The molecule has 134 valence electrons. The number of thioether (sulfide) groups is 1. The van der Waals surface area contributed by atoms with Crippen LogP contribution < -0.4 is 14.8 Å². The first kappa shape index (κ1) is 17.1. The molecule has 0 saturated carbocycles. The molecule has 0 saturated heterocycles. The summed E-state index contributed by atoms with van der Waals surface area (Å²) >= 11 is 7.38. The molecule has 3 aromatic rings. The van der Waals surface area contributed by atoms with Crippen LogP contribution in [0.5, 0.6) is 11.5 Å². The minimum absolute atomic E-state index is 0.114. The lowest BCUT2D eigenvalue weighted by molar-refractivity contribution is -0.113. The molecule has 1 aliphatic rings. The lowest BCUT2D eigenvalue weighted by atomic mass is 10.2. The van der Waals surface area contributed by atoms with E-state index < -0.39 is 0 Å². The number of amides is 1. The quantitative estimate of drug-likeness (QED) is 0.689. The predicted molar refractivity (Wildman–Crippen MR) is 103 cm³/mol. The highest BCUT2D eigenvalue weighted by Gasteiger charge is 2.14. The molecule has 1 aliphatic heterocycles. The zero-order valence-electron chi connectivity index (χ0n) is 14.0. The summed E-state index contributed by atoms with van der Waals surface area (Å²) < 4.78 is 13.0. The standard InChI is InChI=1S/C18H16ClN3O3S/c1-22-14-4-2-11(19)8-13(14)21-18(22)26-10-17(23)20-12-3-5-15-16(9-12)25-7-6-24-15/h2-5,8-9H,6-7,10H2,1H3,(H,20,23). The number of aryl methyl sites for hydroxylation is 1. The molecule has 0 unspecified atom stereocenters. The molecule has 2 aromatic carbocycles. The van der Waals surface area contributed by atoms with Gasteiger partial charge in [-0.05, 0) is 30.3 Å². The molecular formula is C18H16ClN3O3S. The van der Waals surface area contributed by atoms with Gasteiger partial charge in [-0.25, -0.2) is 4.98 Å². The Morgan fingerprint density at radius 2 is 2.04 bits per heavy atom. The first-order valence-corrected chi connectivity index (χ1v) is 9.41. The van der Waals surface area contributed by atoms with Gasteiger partial charge in [0, 0.05) is 23.8 Å². The Morgan fingerprint density at radius 3 is 2.88 bits per heavy atom. The van der Waals surface area contributed by atoms with Gasteiger partial charge in [-0.1, -0.05) is 23.4 Å². The first-order valence-electron chi connectivity index (χ1n) is 8.04. The van der Waals surface area contributed by atoms with Gasteiger partial charge in [0.05, 0.1) is 16.8 Å². The third-order valence-corrected chi connectivity index (χ3v) is 5.23. The number of imidazole rings is 1. The third kappa shape index (κ3) is 3.45. The fourth-order valence-corrected chi connectivity index (χ4v) is 3.68. The van der Waals surface area contributed by atoms with Crippen molar-refractivity contribution in [2.24, 2.45) is 7.05 Å². The molecule has 6 nitrogen and oxygen atoms in total. The van der Waals surface area contributed by atoms with Crippen molar-refractivity contribution in [1.82, 2.24) is 9.55 Å². The zero-order chi connectivity index (χ0) is 18.1. The van der Waals surface area contributed by atoms with Gasteiger partial charge < -0.3 is 19.4 Å². The number of ether oxygens (including phenoxy) is 2. The fraction of sp³-hybridized carbons (Fsp3) is 0.222. The van der Waals surface area contributed by atoms with E-state index in [2.05, 4.69) is 10.3 Å². The van der Waals surface area contributed by atoms with Crippen LogP contribution in [0.3, 0.4) is 0 Å².